The van der Waals surface area contributed by atoms with Gasteiger partial charge >= 0.3 is 0 Å². The summed E-state index contributed by atoms with van der Waals surface area (Å²) in [6, 6.07) is 5.44. The van der Waals surface area contributed by atoms with Crippen LogP contribution in [0.4, 0.5) is 5.69 Å². The molecule has 0 aromatic heterocycles. The quantitative estimate of drug-likeness (QED) is 0.917. The number of nitrogens with one attached hydrogen (secondary N) is 1. The number of benzene rings is 1. The Labute approximate surface area is 120 Å². The number of nitrogens with zero attached hydrogens (tertiary/aromatic N) is 1. The molecule has 0 bridgehead atoms. The maximum Gasteiger partial charge on any atom is 0.254 e. The van der Waals surface area contributed by atoms with Gasteiger partial charge in [0.2, 0.25) is 5.91 Å². The zero-order valence-electron chi connectivity index (χ0n) is 12.6. The fourth-order valence-corrected chi connectivity index (χ4v) is 2.52. The molecule has 0 radical (unpaired) electrons. The van der Waals surface area contributed by atoms with Crippen molar-refractivity contribution in [3.8, 4) is 0 Å². The molecule has 1 N–H and O–H groups in total. The number of hydrogen-bond donors (Lipinski definition) is 1. The highest BCUT2D eigenvalue weighted by atomic mass is 16.2. The Bertz CT molecular complexity index is 537. The molecule has 2 rings (SSSR count). The van der Waals surface area contributed by atoms with E-state index in [2.05, 4.69) is 19.2 Å². The molecule has 4 nitrogen and oxygen atoms in total. The first kappa shape index (κ1) is 14.6. The minimum absolute atomic E-state index is 0.0264. The lowest BCUT2D eigenvalue weighted by molar-refractivity contribution is -0.126. The average Bonchev–Trinajstić information content (AvgIpc) is 2.60. The Morgan fingerprint density at radius 2 is 2.10 bits per heavy atom. The molecule has 1 aromatic rings. The van der Waals surface area contributed by atoms with Gasteiger partial charge in [-0.1, -0.05) is 31.5 Å². The normalized spacial score (nSPS) is 17.6. The fourth-order valence-electron chi connectivity index (χ4n) is 2.52. The van der Waals surface area contributed by atoms with Gasteiger partial charge in [0.15, 0.2) is 0 Å². The predicted molar refractivity (Wildman–Crippen MR) is 79.5 cm³/mol. The zero-order valence-corrected chi connectivity index (χ0v) is 12.6. The SMILES string of the molecule is CC(=O)NC1C(=O)N(CCC(C)C)c2ccc(C)cc21. The van der Waals surface area contributed by atoms with Gasteiger partial charge in [0.25, 0.3) is 5.91 Å². The summed E-state index contributed by atoms with van der Waals surface area (Å²) in [5.41, 5.74) is 2.94. The molecule has 1 aliphatic heterocycles. The van der Waals surface area contributed by atoms with E-state index in [0.29, 0.717) is 12.5 Å². The molecule has 0 saturated carbocycles. The molecule has 20 heavy (non-hydrogen) atoms. The van der Waals surface area contributed by atoms with Gasteiger partial charge in [0, 0.05) is 24.7 Å². The summed E-state index contributed by atoms with van der Waals surface area (Å²) in [5.74, 6) is 0.333. The fraction of sp³-hybridized carbons (Fsp3) is 0.500. The van der Waals surface area contributed by atoms with E-state index in [4.69, 9.17) is 0 Å². The van der Waals surface area contributed by atoms with Gasteiger partial charge < -0.3 is 10.2 Å². The molecule has 0 spiro atoms. The van der Waals surface area contributed by atoms with Crippen molar-refractivity contribution >= 4 is 17.5 Å². The molecule has 1 unspecified atom stereocenters. The summed E-state index contributed by atoms with van der Waals surface area (Å²) in [4.78, 5) is 25.7. The molecule has 2 amide bonds. The van der Waals surface area contributed by atoms with Crippen molar-refractivity contribution in [3.63, 3.8) is 0 Å². The van der Waals surface area contributed by atoms with E-state index >= 15 is 0 Å². The number of aryl methyl sites for hydroxylation is 1. The number of amides is 2. The van der Waals surface area contributed by atoms with Crippen molar-refractivity contribution in [2.75, 3.05) is 11.4 Å². The van der Waals surface area contributed by atoms with Crippen molar-refractivity contribution < 1.29 is 9.59 Å². The third-order valence-corrected chi connectivity index (χ3v) is 3.58. The molecule has 0 saturated heterocycles. The molecule has 108 valence electrons. The summed E-state index contributed by atoms with van der Waals surface area (Å²) in [6.45, 7) is 8.42. The van der Waals surface area contributed by atoms with Crippen molar-refractivity contribution in [2.24, 2.45) is 5.92 Å². The zero-order chi connectivity index (χ0) is 14.9. The summed E-state index contributed by atoms with van der Waals surface area (Å²) in [7, 11) is 0. The molecule has 1 aromatic carbocycles. The predicted octanol–water partition coefficient (Wildman–Crippen LogP) is 2.56. The van der Waals surface area contributed by atoms with Crippen LogP contribution >= 0.6 is 0 Å². The van der Waals surface area contributed by atoms with E-state index in [9.17, 15) is 9.59 Å². The van der Waals surface area contributed by atoms with E-state index in [1.54, 1.807) is 4.90 Å². The van der Waals surface area contributed by atoms with Crippen molar-refractivity contribution in [1.82, 2.24) is 5.32 Å². The molecule has 4 heteroatoms. The van der Waals surface area contributed by atoms with Gasteiger partial charge in [-0.05, 0) is 25.3 Å². The third kappa shape index (κ3) is 2.84. The molecule has 1 aliphatic rings. The maximum atomic E-state index is 12.5. The summed E-state index contributed by atoms with van der Waals surface area (Å²) < 4.78 is 0. The van der Waals surface area contributed by atoms with Crippen molar-refractivity contribution in [1.29, 1.82) is 0 Å². The summed E-state index contributed by atoms with van der Waals surface area (Å²) >= 11 is 0. The Kier molecular flexibility index (Phi) is 4.12. The number of carbonyl (C=O) groups excluding carboxylic acids is 2. The van der Waals surface area contributed by atoms with Crippen LogP contribution in [0.2, 0.25) is 0 Å². The standard InChI is InChI=1S/C16H22N2O2/c1-10(2)7-8-18-14-6-5-11(3)9-13(14)15(16(18)20)17-12(4)19/h5-6,9-10,15H,7-8H2,1-4H3,(H,17,19). The minimum Gasteiger partial charge on any atom is -0.341 e. The molecular weight excluding hydrogens is 252 g/mol. The molecular formula is C16H22N2O2. The Morgan fingerprint density at radius 1 is 1.40 bits per heavy atom. The smallest absolute Gasteiger partial charge is 0.254 e. The van der Waals surface area contributed by atoms with Gasteiger partial charge in [0.1, 0.15) is 6.04 Å². The second kappa shape index (κ2) is 5.65. The van der Waals surface area contributed by atoms with Crippen LogP contribution in [0.3, 0.4) is 0 Å². The van der Waals surface area contributed by atoms with E-state index in [0.717, 1.165) is 23.2 Å². The number of anilines is 1. The summed E-state index contributed by atoms with van der Waals surface area (Å²) in [5, 5.41) is 2.76. The van der Waals surface area contributed by atoms with E-state index in [1.165, 1.54) is 6.92 Å². The number of rotatable bonds is 4. The first-order valence-corrected chi connectivity index (χ1v) is 7.09. The number of hydrogen-bond acceptors (Lipinski definition) is 2. The molecule has 1 heterocycles. The lowest BCUT2D eigenvalue weighted by atomic mass is 10.1. The molecule has 0 aliphatic carbocycles. The van der Waals surface area contributed by atoms with Gasteiger partial charge in [0.05, 0.1) is 0 Å². The highest BCUT2D eigenvalue weighted by Crippen LogP contribution is 2.36. The van der Waals surface area contributed by atoms with Crippen LogP contribution < -0.4 is 10.2 Å². The van der Waals surface area contributed by atoms with Gasteiger partial charge in [-0.3, -0.25) is 9.59 Å². The maximum absolute atomic E-state index is 12.5. The minimum atomic E-state index is -0.533. The number of fused-ring (bicyclic) bond motifs is 1. The lowest BCUT2D eigenvalue weighted by Gasteiger charge is -2.19. The van der Waals surface area contributed by atoms with Gasteiger partial charge in [-0.25, -0.2) is 0 Å². The van der Waals surface area contributed by atoms with Crippen LogP contribution in [0.1, 0.15) is 44.4 Å². The second-order valence-corrected chi connectivity index (χ2v) is 5.87. The van der Waals surface area contributed by atoms with Crippen molar-refractivity contribution in [3.05, 3.63) is 29.3 Å². The third-order valence-electron chi connectivity index (χ3n) is 3.58. The van der Waals surface area contributed by atoms with Crippen LogP contribution in [-0.2, 0) is 9.59 Å². The highest BCUT2D eigenvalue weighted by molar-refractivity contribution is 6.06. The number of carbonyl (C=O) groups is 2. The van der Waals surface area contributed by atoms with Crippen LogP contribution in [0, 0.1) is 12.8 Å². The van der Waals surface area contributed by atoms with Crippen LogP contribution in [-0.4, -0.2) is 18.4 Å². The first-order chi connectivity index (χ1) is 9.40. The molecule has 0 fully saturated rings. The Balaban J connectivity index is 2.33. The van der Waals surface area contributed by atoms with Crippen LogP contribution in [0.25, 0.3) is 0 Å². The monoisotopic (exact) mass is 274 g/mol. The molecule has 1 atom stereocenters. The Morgan fingerprint density at radius 3 is 2.70 bits per heavy atom. The van der Waals surface area contributed by atoms with E-state index < -0.39 is 6.04 Å². The van der Waals surface area contributed by atoms with Crippen LogP contribution in [0.5, 0.6) is 0 Å². The Hall–Kier alpha value is -1.84. The largest absolute Gasteiger partial charge is 0.341 e. The first-order valence-electron chi connectivity index (χ1n) is 7.09. The lowest BCUT2D eigenvalue weighted by Crippen LogP contribution is -2.37. The second-order valence-electron chi connectivity index (χ2n) is 5.87. The summed E-state index contributed by atoms with van der Waals surface area (Å²) in [6.07, 6.45) is 0.950. The van der Waals surface area contributed by atoms with Crippen molar-refractivity contribution in [2.45, 2.75) is 40.2 Å². The van der Waals surface area contributed by atoms with E-state index in [-0.39, 0.29) is 11.8 Å². The highest BCUT2D eigenvalue weighted by Gasteiger charge is 2.37. The van der Waals surface area contributed by atoms with E-state index in [1.807, 2.05) is 25.1 Å². The van der Waals surface area contributed by atoms with Gasteiger partial charge in [-0.2, -0.15) is 0 Å². The van der Waals surface area contributed by atoms with Crippen LogP contribution in [0.15, 0.2) is 18.2 Å². The topological polar surface area (TPSA) is 49.4 Å². The van der Waals surface area contributed by atoms with Gasteiger partial charge in [-0.15, -0.1) is 0 Å². The average molecular weight is 274 g/mol.